The Kier molecular flexibility index (Phi) is 9.96. The number of nitrogens with zero attached hydrogens (tertiary/aromatic N) is 2. The van der Waals surface area contributed by atoms with Crippen LogP contribution in [0.2, 0.25) is 5.02 Å². The van der Waals surface area contributed by atoms with Gasteiger partial charge in [-0.25, -0.2) is 8.42 Å². The van der Waals surface area contributed by atoms with Gasteiger partial charge >= 0.3 is 0 Å². The molecule has 0 fully saturated rings. The van der Waals surface area contributed by atoms with Crippen LogP contribution in [0.4, 0.5) is 5.69 Å². The third kappa shape index (κ3) is 7.71. The fourth-order valence-electron chi connectivity index (χ4n) is 3.37. The van der Waals surface area contributed by atoms with Gasteiger partial charge < -0.3 is 10.2 Å². The summed E-state index contributed by atoms with van der Waals surface area (Å²) in [4.78, 5) is 27.8. The molecule has 0 bridgehead atoms. The molecule has 1 N–H and O–H groups in total. The molecule has 0 aromatic heterocycles. The first kappa shape index (κ1) is 28.1. The van der Waals surface area contributed by atoms with Crippen LogP contribution in [0.1, 0.15) is 38.3 Å². The Morgan fingerprint density at radius 2 is 1.82 bits per heavy atom. The Morgan fingerprint density at radius 3 is 2.38 bits per heavy atom. The zero-order valence-electron chi connectivity index (χ0n) is 20.0. The van der Waals surface area contributed by atoms with Crippen LogP contribution in [-0.4, -0.2) is 50.0 Å². The molecular formula is C24H31BrClN3O4S. The molecule has 0 radical (unpaired) electrons. The predicted octanol–water partition coefficient (Wildman–Crippen LogP) is 4.51. The molecule has 186 valence electrons. The number of benzene rings is 2. The van der Waals surface area contributed by atoms with Crippen molar-refractivity contribution in [2.75, 3.05) is 17.1 Å². The van der Waals surface area contributed by atoms with E-state index in [1.54, 1.807) is 32.0 Å². The van der Waals surface area contributed by atoms with Gasteiger partial charge in [-0.3, -0.25) is 13.9 Å². The topological polar surface area (TPSA) is 86.8 Å². The smallest absolute Gasteiger partial charge is 0.244 e. The van der Waals surface area contributed by atoms with Crippen molar-refractivity contribution in [2.45, 2.75) is 52.7 Å². The maximum Gasteiger partial charge on any atom is 0.244 e. The van der Waals surface area contributed by atoms with Gasteiger partial charge in [-0.1, -0.05) is 46.6 Å². The minimum Gasteiger partial charge on any atom is -0.352 e. The molecule has 2 rings (SSSR count). The molecule has 0 saturated heterocycles. The summed E-state index contributed by atoms with van der Waals surface area (Å²) in [6.07, 6.45) is 1.79. The Balaban J connectivity index is 2.42. The summed E-state index contributed by atoms with van der Waals surface area (Å²) >= 11 is 9.46. The molecule has 0 saturated carbocycles. The van der Waals surface area contributed by atoms with Crippen LogP contribution in [0.15, 0.2) is 46.9 Å². The molecule has 0 spiro atoms. The van der Waals surface area contributed by atoms with Gasteiger partial charge in [0, 0.05) is 22.1 Å². The van der Waals surface area contributed by atoms with E-state index in [1.165, 1.54) is 4.90 Å². The third-order valence-electron chi connectivity index (χ3n) is 5.52. The minimum atomic E-state index is -3.80. The molecule has 2 atom stereocenters. The van der Waals surface area contributed by atoms with Gasteiger partial charge in [0.15, 0.2) is 0 Å². The van der Waals surface area contributed by atoms with Crippen molar-refractivity contribution in [1.82, 2.24) is 10.2 Å². The van der Waals surface area contributed by atoms with E-state index in [0.29, 0.717) is 16.3 Å². The maximum atomic E-state index is 13.5. The van der Waals surface area contributed by atoms with Crippen LogP contribution in [0.25, 0.3) is 0 Å². The highest BCUT2D eigenvalue weighted by atomic mass is 79.9. The number of rotatable bonds is 10. The van der Waals surface area contributed by atoms with Gasteiger partial charge in [0.25, 0.3) is 0 Å². The first-order chi connectivity index (χ1) is 15.8. The van der Waals surface area contributed by atoms with Gasteiger partial charge in [0.2, 0.25) is 21.8 Å². The van der Waals surface area contributed by atoms with Crippen molar-refractivity contribution in [2.24, 2.45) is 0 Å². The van der Waals surface area contributed by atoms with E-state index in [4.69, 9.17) is 11.6 Å². The van der Waals surface area contributed by atoms with Gasteiger partial charge in [0.1, 0.15) is 12.6 Å². The normalized spacial score (nSPS) is 13.1. The maximum absolute atomic E-state index is 13.5. The molecule has 0 unspecified atom stereocenters. The Morgan fingerprint density at radius 1 is 1.15 bits per heavy atom. The first-order valence-corrected chi connectivity index (χ1v) is 13.9. The van der Waals surface area contributed by atoms with Crippen molar-refractivity contribution in [3.8, 4) is 0 Å². The van der Waals surface area contributed by atoms with Crippen molar-refractivity contribution in [1.29, 1.82) is 0 Å². The van der Waals surface area contributed by atoms with Crippen LogP contribution in [-0.2, 0) is 26.2 Å². The molecule has 0 heterocycles. The molecule has 10 heteroatoms. The fourth-order valence-corrected chi connectivity index (χ4v) is 4.95. The zero-order chi connectivity index (χ0) is 25.6. The van der Waals surface area contributed by atoms with Gasteiger partial charge in [0.05, 0.1) is 11.9 Å². The highest BCUT2D eigenvalue weighted by Gasteiger charge is 2.31. The lowest BCUT2D eigenvalue weighted by molar-refractivity contribution is -0.139. The number of anilines is 1. The van der Waals surface area contributed by atoms with Gasteiger partial charge in [-0.15, -0.1) is 0 Å². The van der Waals surface area contributed by atoms with E-state index in [0.717, 1.165) is 27.0 Å². The van der Waals surface area contributed by atoms with Crippen molar-refractivity contribution < 1.29 is 18.0 Å². The lowest BCUT2D eigenvalue weighted by Gasteiger charge is -2.32. The van der Waals surface area contributed by atoms with Crippen LogP contribution in [0.5, 0.6) is 0 Å². The minimum absolute atomic E-state index is 0.0537. The van der Waals surface area contributed by atoms with E-state index >= 15 is 0 Å². The van der Waals surface area contributed by atoms with Gasteiger partial charge in [-0.2, -0.15) is 0 Å². The lowest BCUT2D eigenvalue weighted by Crippen LogP contribution is -2.52. The average Bonchev–Trinajstić information content (AvgIpc) is 2.74. The quantitative estimate of drug-likeness (QED) is 0.454. The monoisotopic (exact) mass is 571 g/mol. The Labute approximate surface area is 215 Å². The highest BCUT2D eigenvalue weighted by molar-refractivity contribution is 9.10. The summed E-state index contributed by atoms with van der Waals surface area (Å²) in [6.45, 7) is 6.91. The fraction of sp³-hybridized carbons (Fsp3) is 0.417. The zero-order valence-corrected chi connectivity index (χ0v) is 23.2. The number of carbonyl (C=O) groups is 2. The molecule has 0 aliphatic heterocycles. The summed E-state index contributed by atoms with van der Waals surface area (Å²) in [7, 11) is -3.80. The van der Waals surface area contributed by atoms with Crippen LogP contribution in [0.3, 0.4) is 0 Å². The number of aryl methyl sites for hydroxylation is 1. The van der Waals surface area contributed by atoms with E-state index in [2.05, 4.69) is 21.2 Å². The molecule has 2 aromatic carbocycles. The molecule has 0 aliphatic carbocycles. The predicted molar refractivity (Wildman–Crippen MR) is 140 cm³/mol. The second-order valence-corrected chi connectivity index (χ2v) is 11.6. The summed E-state index contributed by atoms with van der Waals surface area (Å²) in [5.74, 6) is -0.794. The number of nitrogens with one attached hydrogen (secondary N) is 1. The van der Waals surface area contributed by atoms with Crippen molar-refractivity contribution in [3.05, 3.63) is 63.1 Å². The standard InChI is InChI=1S/C24H31BrClN3O4S/c1-6-17(3)27-24(31)18(4)28(14-19-8-7-9-20(25)13-19)23(30)15-29(34(5,32)33)22-11-10-21(26)12-16(22)2/h7-13,17-18H,6,14-15H2,1-5H3,(H,27,31)/t17-,18+/m1/s1. The molecule has 34 heavy (non-hydrogen) atoms. The van der Waals surface area contributed by atoms with E-state index in [1.807, 2.05) is 38.1 Å². The average molecular weight is 573 g/mol. The molecule has 7 nitrogen and oxygen atoms in total. The largest absolute Gasteiger partial charge is 0.352 e. The number of hydrogen-bond acceptors (Lipinski definition) is 4. The van der Waals surface area contributed by atoms with E-state index < -0.39 is 28.5 Å². The summed E-state index contributed by atoms with van der Waals surface area (Å²) < 4.78 is 27.2. The molecule has 2 aromatic rings. The van der Waals surface area contributed by atoms with Gasteiger partial charge in [-0.05, 0) is 68.7 Å². The lowest BCUT2D eigenvalue weighted by atomic mass is 10.1. The Bertz CT molecular complexity index is 1140. The summed E-state index contributed by atoms with van der Waals surface area (Å²) in [6, 6.07) is 11.3. The third-order valence-corrected chi connectivity index (χ3v) is 7.37. The summed E-state index contributed by atoms with van der Waals surface area (Å²) in [5.41, 5.74) is 1.78. The van der Waals surface area contributed by atoms with Crippen LogP contribution >= 0.6 is 27.5 Å². The number of sulfonamides is 1. The number of carbonyl (C=O) groups excluding carboxylic acids is 2. The second-order valence-electron chi connectivity index (χ2n) is 8.35. The number of hydrogen-bond donors (Lipinski definition) is 1. The van der Waals surface area contributed by atoms with Crippen molar-refractivity contribution in [3.63, 3.8) is 0 Å². The van der Waals surface area contributed by atoms with E-state index in [-0.39, 0.29) is 18.5 Å². The number of amides is 2. The first-order valence-electron chi connectivity index (χ1n) is 10.9. The highest BCUT2D eigenvalue weighted by Crippen LogP contribution is 2.26. The van der Waals surface area contributed by atoms with Crippen LogP contribution < -0.4 is 9.62 Å². The Hall–Kier alpha value is -2.10. The van der Waals surface area contributed by atoms with Crippen molar-refractivity contribution >= 4 is 55.1 Å². The van der Waals surface area contributed by atoms with Crippen LogP contribution in [0, 0.1) is 6.92 Å². The SMILES string of the molecule is CC[C@@H](C)NC(=O)[C@H](C)N(Cc1cccc(Br)c1)C(=O)CN(c1ccc(Cl)cc1C)S(C)(=O)=O. The van der Waals surface area contributed by atoms with E-state index in [9.17, 15) is 18.0 Å². The molecular weight excluding hydrogens is 542 g/mol. The molecule has 2 amide bonds. The second kappa shape index (κ2) is 12.0. The summed E-state index contributed by atoms with van der Waals surface area (Å²) in [5, 5.41) is 3.37. The molecule has 0 aliphatic rings. The number of halogens is 2.